The maximum Gasteiger partial charge on any atom is 0.220 e. The van der Waals surface area contributed by atoms with Crippen molar-refractivity contribution in [2.45, 2.75) is 44.6 Å². The second kappa shape index (κ2) is 11.6. The number of nitrogens with zero attached hydrogens (tertiary/aromatic N) is 2. The maximum atomic E-state index is 12.2. The molecule has 0 radical (unpaired) electrons. The van der Waals surface area contributed by atoms with Crippen LogP contribution in [0.3, 0.4) is 0 Å². The SMILES string of the molecule is CN=C(NCCS(=O)(=O)NCC1CCCCO1)N1CCC(CC(=O)NC)CC1. The molecule has 2 aliphatic heterocycles. The predicted octanol–water partition coefficient (Wildman–Crippen LogP) is -0.102. The van der Waals surface area contributed by atoms with Crippen molar-refractivity contribution in [2.75, 3.05) is 52.6 Å². The highest BCUT2D eigenvalue weighted by molar-refractivity contribution is 7.89. The first-order chi connectivity index (χ1) is 13.4. The molecule has 1 unspecified atom stereocenters. The summed E-state index contributed by atoms with van der Waals surface area (Å²) < 4.78 is 32.6. The Bertz CT molecular complexity index is 611. The number of ether oxygens (including phenoxy) is 1. The second-order valence-electron chi connectivity index (χ2n) is 7.44. The number of rotatable bonds is 8. The summed E-state index contributed by atoms with van der Waals surface area (Å²) in [5.41, 5.74) is 0. The van der Waals surface area contributed by atoms with Crippen LogP contribution in [0, 0.1) is 5.92 Å². The summed E-state index contributed by atoms with van der Waals surface area (Å²) in [5, 5.41) is 5.82. The average molecular weight is 418 g/mol. The van der Waals surface area contributed by atoms with Crippen molar-refractivity contribution in [3.63, 3.8) is 0 Å². The molecule has 2 fully saturated rings. The molecule has 1 amide bonds. The fourth-order valence-corrected chi connectivity index (χ4v) is 4.56. The first-order valence-electron chi connectivity index (χ1n) is 10.2. The Labute approximate surface area is 168 Å². The molecular formula is C18H35N5O4S. The first-order valence-corrected chi connectivity index (χ1v) is 11.8. The third kappa shape index (κ3) is 7.92. The van der Waals surface area contributed by atoms with Gasteiger partial charge in [0.25, 0.3) is 0 Å². The highest BCUT2D eigenvalue weighted by atomic mass is 32.2. The van der Waals surface area contributed by atoms with Gasteiger partial charge in [0, 0.05) is 53.3 Å². The van der Waals surface area contributed by atoms with Crippen LogP contribution in [-0.4, -0.2) is 83.9 Å². The van der Waals surface area contributed by atoms with Gasteiger partial charge in [-0.15, -0.1) is 0 Å². The fourth-order valence-electron chi connectivity index (χ4n) is 3.60. The van der Waals surface area contributed by atoms with E-state index in [1.807, 2.05) is 0 Å². The van der Waals surface area contributed by atoms with Gasteiger partial charge in [0.2, 0.25) is 15.9 Å². The van der Waals surface area contributed by atoms with Gasteiger partial charge in [0.1, 0.15) is 0 Å². The van der Waals surface area contributed by atoms with E-state index >= 15 is 0 Å². The molecule has 3 N–H and O–H groups in total. The van der Waals surface area contributed by atoms with Gasteiger partial charge in [0.05, 0.1) is 11.9 Å². The molecule has 0 saturated carbocycles. The largest absolute Gasteiger partial charge is 0.377 e. The Balaban J connectivity index is 1.68. The minimum absolute atomic E-state index is 0.00806. The molecule has 0 spiro atoms. The number of guanidine groups is 1. The van der Waals surface area contributed by atoms with Crippen LogP contribution in [0.1, 0.15) is 38.5 Å². The average Bonchev–Trinajstić information content (AvgIpc) is 2.71. The lowest BCUT2D eigenvalue weighted by Crippen LogP contribution is -2.47. The van der Waals surface area contributed by atoms with Crippen molar-refractivity contribution in [3.05, 3.63) is 0 Å². The van der Waals surface area contributed by atoms with Crippen molar-refractivity contribution in [1.29, 1.82) is 0 Å². The molecule has 28 heavy (non-hydrogen) atoms. The second-order valence-corrected chi connectivity index (χ2v) is 9.36. The van der Waals surface area contributed by atoms with Gasteiger partial charge in [-0.2, -0.15) is 0 Å². The molecule has 1 atom stereocenters. The van der Waals surface area contributed by atoms with E-state index in [0.717, 1.165) is 45.2 Å². The Kier molecular flexibility index (Phi) is 9.46. The summed E-state index contributed by atoms with van der Waals surface area (Å²) in [6, 6.07) is 0. The standard InChI is InChI=1S/C18H35N5O4S/c1-19-17(24)13-15-6-9-23(10-7-15)18(20-2)21-8-12-28(25,26)22-14-16-5-3-4-11-27-16/h15-16,22H,3-14H2,1-2H3,(H,19,24)(H,20,21). The van der Waals surface area contributed by atoms with Gasteiger partial charge in [0.15, 0.2) is 5.96 Å². The molecule has 0 aromatic heterocycles. The zero-order valence-corrected chi connectivity index (χ0v) is 17.9. The third-order valence-corrected chi connectivity index (χ3v) is 6.69. The van der Waals surface area contributed by atoms with Crippen LogP contribution in [0.5, 0.6) is 0 Å². The third-order valence-electron chi connectivity index (χ3n) is 5.34. The van der Waals surface area contributed by atoms with Crippen molar-refractivity contribution in [2.24, 2.45) is 10.9 Å². The van der Waals surface area contributed by atoms with Crippen LogP contribution in [0.15, 0.2) is 4.99 Å². The molecule has 2 saturated heterocycles. The number of aliphatic imine (C=N–C) groups is 1. The topological polar surface area (TPSA) is 112 Å². The van der Waals surface area contributed by atoms with Gasteiger partial charge in [-0.25, -0.2) is 13.1 Å². The molecule has 0 aliphatic carbocycles. The van der Waals surface area contributed by atoms with Crippen molar-refractivity contribution < 1.29 is 17.9 Å². The highest BCUT2D eigenvalue weighted by Crippen LogP contribution is 2.20. The monoisotopic (exact) mass is 417 g/mol. The van der Waals surface area contributed by atoms with Crippen molar-refractivity contribution in [3.8, 4) is 0 Å². The summed E-state index contributed by atoms with van der Waals surface area (Å²) in [4.78, 5) is 17.9. The van der Waals surface area contributed by atoms with E-state index in [1.165, 1.54) is 0 Å². The number of sulfonamides is 1. The number of carbonyl (C=O) groups excluding carboxylic acids is 1. The van der Waals surface area contributed by atoms with E-state index in [-0.39, 0.29) is 17.8 Å². The number of likely N-dealkylation sites (tertiary alicyclic amines) is 1. The van der Waals surface area contributed by atoms with Gasteiger partial charge in [-0.05, 0) is 38.0 Å². The molecule has 2 aliphatic rings. The van der Waals surface area contributed by atoms with Crippen LogP contribution in [0.25, 0.3) is 0 Å². The first kappa shape index (κ1) is 22.9. The summed E-state index contributed by atoms with van der Waals surface area (Å²) in [6.45, 7) is 2.97. The zero-order chi connectivity index (χ0) is 20.4. The normalized spacial score (nSPS) is 22.1. The minimum atomic E-state index is -3.35. The minimum Gasteiger partial charge on any atom is -0.377 e. The summed E-state index contributed by atoms with van der Waals surface area (Å²) in [7, 11) is 0.0103. The van der Waals surface area contributed by atoms with Crippen molar-refractivity contribution >= 4 is 21.9 Å². The zero-order valence-electron chi connectivity index (χ0n) is 17.1. The van der Waals surface area contributed by atoms with E-state index < -0.39 is 10.0 Å². The Hall–Kier alpha value is -1.39. The van der Waals surface area contributed by atoms with E-state index in [0.29, 0.717) is 38.0 Å². The predicted molar refractivity (Wildman–Crippen MR) is 110 cm³/mol. The summed E-state index contributed by atoms with van der Waals surface area (Å²) in [5.74, 6) is 1.17. The molecule has 10 heteroatoms. The molecule has 2 rings (SSSR count). The van der Waals surface area contributed by atoms with Gasteiger partial charge >= 0.3 is 0 Å². The van der Waals surface area contributed by atoms with E-state index in [2.05, 4.69) is 25.2 Å². The Morgan fingerprint density at radius 1 is 1.21 bits per heavy atom. The number of piperidine rings is 1. The van der Waals surface area contributed by atoms with E-state index in [9.17, 15) is 13.2 Å². The molecular weight excluding hydrogens is 382 g/mol. The summed E-state index contributed by atoms with van der Waals surface area (Å²) >= 11 is 0. The van der Waals surface area contributed by atoms with Crippen LogP contribution in [0.2, 0.25) is 0 Å². The number of hydrogen-bond acceptors (Lipinski definition) is 5. The number of amides is 1. The lowest BCUT2D eigenvalue weighted by atomic mass is 9.93. The fraction of sp³-hybridized carbons (Fsp3) is 0.889. The Morgan fingerprint density at radius 2 is 1.96 bits per heavy atom. The van der Waals surface area contributed by atoms with Gasteiger partial charge < -0.3 is 20.3 Å². The molecule has 0 bridgehead atoms. The number of nitrogens with one attached hydrogen (secondary N) is 3. The smallest absolute Gasteiger partial charge is 0.220 e. The van der Waals surface area contributed by atoms with Crippen LogP contribution in [-0.2, 0) is 19.6 Å². The van der Waals surface area contributed by atoms with Gasteiger partial charge in [-0.3, -0.25) is 9.79 Å². The molecule has 162 valence electrons. The lowest BCUT2D eigenvalue weighted by Gasteiger charge is -2.34. The van der Waals surface area contributed by atoms with E-state index in [4.69, 9.17) is 4.74 Å². The lowest BCUT2D eigenvalue weighted by molar-refractivity contribution is -0.121. The Morgan fingerprint density at radius 3 is 2.57 bits per heavy atom. The summed E-state index contributed by atoms with van der Waals surface area (Å²) in [6.07, 6.45) is 5.44. The number of carbonyl (C=O) groups is 1. The molecule has 2 heterocycles. The van der Waals surface area contributed by atoms with Gasteiger partial charge in [-0.1, -0.05) is 0 Å². The number of hydrogen-bond donors (Lipinski definition) is 3. The van der Waals surface area contributed by atoms with E-state index in [1.54, 1.807) is 14.1 Å². The maximum absolute atomic E-state index is 12.2. The highest BCUT2D eigenvalue weighted by Gasteiger charge is 2.23. The molecule has 9 nitrogen and oxygen atoms in total. The molecule has 0 aromatic rings. The van der Waals surface area contributed by atoms with Crippen LogP contribution < -0.4 is 15.4 Å². The molecule has 0 aromatic carbocycles. The van der Waals surface area contributed by atoms with Crippen LogP contribution >= 0.6 is 0 Å². The quantitative estimate of drug-likeness (QED) is 0.376. The van der Waals surface area contributed by atoms with Crippen LogP contribution in [0.4, 0.5) is 0 Å². The van der Waals surface area contributed by atoms with Crippen molar-refractivity contribution in [1.82, 2.24) is 20.3 Å².